The maximum absolute atomic E-state index is 5.98. The summed E-state index contributed by atoms with van der Waals surface area (Å²) >= 11 is 0. The number of nitrogens with two attached hydrogens (primary N) is 1. The molecular weight excluding hydrogens is 234 g/mol. The fourth-order valence-corrected chi connectivity index (χ4v) is 2.22. The fourth-order valence-electron chi connectivity index (χ4n) is 2.22. The molecule has 0 aromatic heterocycles. The van der Waals surface area contributed by atoms with Crippen LogP contribution in [0.1, 0.15) is 65.2 Å². The lowest BCUT2D eigenvalue weighted by Crippen LogP contribution is -2.21. The van der Waals surface area contributed by atoms with E-state index in [-0.39, 0.29) is 10.8 Å². The van der Waals surface area contributed by atoms with E-state index in [0.717, 1.165) is 5.75 Å². The van der Waals surface area contributed by atoms with Gasteiger partial charge in [0.05, 0.1) is 6.61 Å². The van der Waals surface area contributed by atoms with Crippen molar-refractivity contribution in [1.82, 2.24) is 0 Å². The Balaban J connectivity index is 3.60. The molecule has 0 aliphatic rings. The zero-order chi connectivity index (χ0) is 14.8. The molecule has 0 amide bonds. The summed E-state index contributed by atoms with van der Waals surface area (Å²) in [5.41, 5.74) is 9.64. The zero-order valence-corrected chi connectivity index (χ0v) is 13.6. The van der Waals surface area contributed by atoms with Gasteiger partial charge in [-0.3, -0.25) is 0 Å². The summed E-state index contributed by atoms with van der Waals surface area (Å²) in [5, 5.41) is 0. The molecule has 108 valence electrons. The maximum Gasteiger partial charge on any atom is 0.126 e. The van der Waals surface area contributed by atoms with Crippen molar-refractivity contribution in [3.8, 4) is 5.75 Å². The largest absolute Gasteiger partial charge is 0.493 e. The Morgan fingerprint density at radius 1 is 0.947 bits per heavy atom. The van der Waals surface area contributed by atoms with Crippen molar-refractivity contribution < 1.29 is 4.74 Å². The van der Waals surface area contributed by atoms with Crippen LogP contribution in [0.25, 0.3) is 0 Å². The number of rotatable bonds is 3. The fraction of sp³-hybridized carbons (Fsp3) is 0.647. The van der Waals surface area contributed by atoms with Gasteiger partial charge in [0.2, 0.25) is 0 Å². The summed E-state index contributed by atoms with van der Waals surface area (Å²) in [7, 11) is 0. The van der Waals surface area contributed by atoms with E-state index in [1.165, 1.54) is 16.7 Å². The second kappa shape index (κ2) is 5.54. The molecule has 2 N–H and O–H groups in total. The highest BCUT2D eigenvalue weighted by Crippen LogP contribution is 2.40. The molecule has 0 radical (unpaired) electrons. The number of hydrogen-bond donors (Lipinski definition) is 1. The minimum Gasteiger partial charge on any atom is -0.493 e. The van der Waals surface area contributed by atoms with Crippen LogP contribution in [0.3, 0.4) is 0 Å². The van der Waals surface area contributed by atoms with E-state index in [0.29, 0.717) is 13.2 Å². The quantitative estimate of drug-likeness (QED) is 0.889. The van der Waals surface area contributed by atoms with Crippen LogP contribution in [0.15, 0.2) is 12.1 Å². The van der Waals surface area contributed by atoms with E-state index >= 15 is 0 Å². The first-order valence-corrected chi connectivity index (χ1v) is 7.12. The van der Waals surface area contributed by atoms with Gasteiger partial charge in [-0.2, -0.15) is 0 Å². The van der Waals surface area contributed by atoms with Gasteiger partial charge in [-0.05, 0) is 23.3 Å². The molecule has 0 unspecified atom stereocenters. The first kappa shape index (κ1) is 16.0. The highest BCUT2D eigenvalue weighted by Gasteiger charge is 2.27. The monoisotopic (exact) mass is 263 g/mol. The van der Waals surface area contributed by atoms with Crippen molar-refractivity contribution >= 4 is 0 Å². The molecule has 1 aromatic carbocycles. The third kappa shape index (κ3) is 3.73. The average Bonchev–Trinajstić information content (AvgIpc) is 2.26. The first-order valence-electron chi connectivity index (χ1n) is 7.12. The van der Waals surface area contributed by atoms with Crippen LogP contribution < -0.4 is 10.5 Å². The topological polar surface area (TPSA) is 35.2 Å². The van der Waals surface area contributed by atoms with E-state index in [9.17, 15) is 0 Å². The third-order valence-corrected chi connectivity index (χ3v) is 3.29. The van der Waals surface area contributed by atoms with Crippen LogP contribution >= 0.6 is 0 Å². The van der Waals surface area contributed by atoms with Crippen molar-refractivity contribution in [2.45, 2.75) is 65.8 Å². The van der Waals surface area contributed by atoms with Crippen LogP contribution in [-0.2, 0) is 17.4 Å². The van der Waals surface area contributed by atoms with Gasteiger partial charge >= 0.3 is 0 Å². The molecule has 1 rings (SSSR count). The second-order valence-corrected chi connectivity index (χ2v) is 7.16. The van der Waals surface area contributed by atoms with Gasteiger partial charge in [-0.1, -0.05) is 53.7 Å². The van der Waals surface area contributed by atoms with Gasteiger partial charge in [0, 0.05) is 17.7 Å². The minimum absolute atomic E-state index is 0.0513. The van der Waals surface area contributed by atoms with Crippen molar-refractivity contribution in [2.75, 3.05) is 6.61 Å². The molecule has 2 heteroatoms. The normalized spacial score (nSPS) is 12.6. The molecule has 0 saturated heterocycles. The molecule has 0 spiro atoms. The van der Waals surface area contributed by atoms with Gasteiger partial charge in [-0.15, -0.1) is 0 Å². The highest BCUT2D eigenvalue weighted by molar-refractivity contribution is 5.50. The molecule has 19 heavy (non-hydrogen) atoms. The second-order valence-electron chi connectivity index (χ2n) is 7.16. The number of ether oxygens (including phenoxy) is 1. The number of benzene rings is 1. The Morgan fingerprint density at radius 3 is 1.63 bits per heavy atom. The molecule has 0 aliphatic heterocycles. The lowest BCUT2D eigenvalue weighted by molar-refractivity contribution is 0.319. The summed E-state index contributed by atoms with van der Waals surface area (Å²) in [5.74, 6) is 1.04. The summed E-state index contributed by atoms with van der Waals surface area (Å²) in [6.07, 6.45) is 0. The van der Waals surface area contributed by atoms with Crippen molar-refractivity contribution in [3.63, 3.8) is 0 Å². The summed E-state index contributed by atoms with van der Waals surface area (Å²) in [6.45, 7) is 16.6. The van der Waals surface area contributed by atoms with Gasteiger partial charge in [0.25, 0.3) is 0 Å². The minimum atomic E-state index is 0.0513. The summed E-state index contributed by atoms with van der Waals surface area (Å²) in [4.78, 5) is 0. The Morgan fingerprint density at radius 2 is 1.37 bits per heavy atom. The molecule has 0 bridgehead atoms. The smallest absolute Gasteiger partial charge is 0.126 e. The lowest BCUT2D eigenvalue weighted by Gasteiger charge is -2.30. The van der Waals surface area contributed by atoms with E-state index in [4.69, 9.17) is 10.5 Å². The Kier molecular flexibility index (Phi) is 4.67. The van der Waals surface area contributed by atoms with Crippen LogP contribution in [0.5, 0.6) is 5.75 Å². The van der Waals surface area contributed by atoms with Crippen LogP contribution in [0.2, 0.25) is 0 Å². The van der Waals surface area contributed by atoms with E-state index in [1.807, 2.05) is 6.92 Å². The SMILES string of the molecule is CCOc1c(C(C)(C)C)cc(CN)cc1C(C)(C)C. The van der Waals surface area contributed by atoms with Gasteiger partial charge in [-0.25, -0.2) is 0 Å². The highest BCUT2D eigenvalue weighted by atomic mass is 16.5. The van der Waals surface area contributed by atoms with Crippen molar-refractivity contribution in [3.05, 3.63) is 28.8 Å². The maximum atomic E-state index is 5.98. The molecule has 1 aromatic rings. The molecule has 0 heterocycles. The molecule has 0 saturated carbocycles. The van der Waals surface area contributed by atoms with E-state index in [1.54, 1.807) is 0 Å². The van der Waals surface area contributed by atoms with Gasteiger partial charge in [0.15, 0.2) is 0 Å². The van der Waals surface area contributed by atoms with Crippen LogP contribution in [-0.4, -0.2) is 6.61 Å². The van der Waals surface area contributed by atoms with Gasteiger partial charge in [0.1, 0.15) is 5.75 Å². The van der Waals surface area contributed by atoms with E-state index < -0.39 is 0 Å². The number of hydrogen-bond acceptors (Lipinski definition) is 2. The molecule has 0 fully saturated rings. The summed E-state index contributed by atoms with van der Waals surface area (Å²) in [6, 6.07) is 4.39. The molecule has 0 atom stereocenters. The molecular formula is C17H29NO. The Bertz CT molecular complexity index is 401. The van der Waals surface area contributed by atoms with Crippen molar-refractivity contribution in [1.29, 1.82) is 0 Å². The predicted molar refractivity (Wildman–Crippen MR) is 82.9 cm³/mol. The lowest BCUT2D eigenvalue weighted by atomic mass is 9.78. The van der Waals surface area contributed by atoms with Gasteiger partial charge < -0.3 is 10.5 Å². The zero-order valence-electron chi connectivity index (χ0n) is 13.6. The first-order chi connectivity index (χ1) is 8.61. The Labute approximate surface area is 118 Å². The predicted octanol–water partition coefficient (Wildman–Crippen LogP) is 4.14. The molecule has 2 nitrogen and oxygen atoms in total. The van der Waals surface area contributed by atoms with Crippen LogP contribution in [0.4, 0.5) is 0 Å². The standard InChI is InChI=1S/C17H29NO/c1-8-19-15-13(16(2,3)4)9-12(11-18)10-14(15)17(5,6)7/h9-10H,8,11,18H2,1-7H3. The van der Waals surface area contributed by atoms with Crippen LogP contribution in [0, 0.1) is 0 Å². The summed E-state index contributed by atoms with van der Waals surface area (Å²) < 4.78 is 5.98. The molecule has 0 aliphatic carbocycles. The average molecular weight is 263 g/mol. The third-order valence-electron chi connectivity index (χ3n) is 3.29. The van der Waals surface area contributed by atoms with E-state index in [2.05, 4.69) is 53.7 Å². The van der Waals surface area contributed by atoms with Crippen molar-refractivity contribution in [2.24, 2.45) is 5.73 Å². The Hall–Kier alpha value is -1.02.